The van der Waals surface area contributed by atoms with Gasteiger partial charge in [0.15, 0.2) is 0 Å². The maximum absolute atomic E-state index is 13.2. The van der Waals surface area contributed by atoms with Crippen LogP contribution in [0.2, 0.25) is 0 Å². The first-order chi connectivity index (χ1) is 13.5. The molecule has 1 saturated carbocycles. The molecule has 28 heavy (non-hydrogen) atoms. The Kier molecular flexibility index (Phi) is 7.51. The number of benzene rings is 2. The fraction of sp³-hybridized carbons (Fsp3) is 0.381. The van der Waals surface area contributed by atoms with Crippen molar-refractivity contribution in [3.05, 3.63) is 71.0 Å². The highest BCUT2D eigenvalue weighted by Gasteiger charge is 2.26. The highest BCUT2D eigenvalue weighted by molar-refractivity contribution is 7.39. The summed E-state index contributed by atoms with van der Waals surface area (Å²) in [5, 5.41) is 4.13. The number of hydrogen-bond acceptors (Lipinski definition) is 5. The van der Waals surface area contributed by atoms with Crippen LogP contribution in [-0.2, 0) is 16.0 Å². The summed E-state index contributed by atoms with van der Waals surface area (Å²) in [5.41, 5.74) is 3.75. The Labute approximate surface area is 165 Å². The van der Waals surface area contributed by atoms with Crippen molar-refractivity contribution in [3.63, 3.8) is 0 Å². The van der Waals surface area contributed by atoms with E-state index in [2.05, 4.69) is 17.3 Å². The predicted octanol–water partition coefficient (Wildman–Crippen LogP) is 4.88. The van der Waals surface area contributed by atoms with E-state index in [0.717, 1.165) is 36.1 Å². The zero-order valence-corrected chi connectivity index (χ0v) is 16.7. The van der Waals surface area contributed by atoms with Gasteiger partial charge in [-0.2, -0.15) is 0 Å². The fourth-order valence-electron chi connectivity index (χ4n) is 3.58. The molecule has 1 aliphatic carbocycles. The second-order valence-electron chi connectivity index (χ2n) is 7.13. The molecule has 1 aliphatic rings. The summed E-state index contributed by atoms with van der Waals surface area (Å²) in [4.78, 5) is 23.1. The molecule has 1 fully saturated rings. The highest BCUT2D eigenvalue weighted by atomic mass is 31.2. The lowest BCUT2D eigenvalue weighted by Crippen LogP contribution is -2.04. The van der Waals surface area contributed by atoms with Gasteiger partial charge in [0.25, 0.3) is 0 Å². The summed E-state index contributed by atoms with van der Waals surface area (Å²) < 4.78 is 18.1. The summed E-state index contributed by atoms with van der Waals surface area (Å²) >= 11 is 0. The first-order valence-electron chi connectivity index (χ1n) is 9.33. The van der Waals surface area contributed by atoms with Gasteiger partial charge in [0.2, 0.25) is 0 Å². The lowest BCUT2D eigenvalue weighted by molar-refractivity contribution is 0.130. The Morgan fingerprint density at radius 3 is 2.68 bits per heavy atom. The quantitative estimate of drug-likeness (QED) is 0.373. The Balaban J connectivity index is 1.52. The molecule has 0 saturated heterocycles. The molecular weight excluding hydrogens is 380 g/mol. The molecule has 0 aliphatic heterocycles. The van der Waals surface area contributed by atoms with Crippen LogP contribution in [0.4, 0.5) is 4.39 Å². The third-order valence-corrected chi connectivity index (χ3v) is 5.47. The summed E-state index contributed by atoms with van der Waals surface area (Å²) in [5.74, 6) is 0.549. The van der Waals surface area contributed by atoms with E-state index in [0.29, 0.717) is 18.4 Å². The van der Waals surface area contributed by atoms with Crippen molar-refractivity contribution in [2.24, 2.45) is 11.1 Å². The molecule has 0 heterocycles. The molecule has 0 bridgehead atoms. The molecule has 2 N–H and O–H groups in total. The Hall–Kier alpha value is -1.85. The molecule has 2 atom stereocenters. The van der Waals surface area contributed by atoms with E-state index in [-0.39, 0.29) is 12.4 Å². The third-order valence-electron chi connectivity index (χ3n) is 5.09. The van der Waals surface area contributed by atoms with Gasteiger partial charge in [0.05, 0.1) is 12.3 Å². The minimum Gasteiger partial charge on any atom is -0.391 e. The van der Waals surface area contributed by atoms with Gasteiger partial charge in [-0.3, -0.25) is 0 Å². The van der Waals surface area contributed by atoms with E-state index in [4.69, 9.17) is 19.1 Å². The molecule has 0 spiro atoms. The van der Waals surface area contributed by atoms with E-state index in [9.17, 15) is 4.39 Å². The van der Waals surface area contributed by atoms with Crippen molar-refractivity contribution in [3.8, 4) is 0 Å². The van der Waals surface area contributed by atoms with E-state index >= 15 is 0 Å². The summed E-state index contributed by atoms with van der Waals surface area (Å²) in [6, 6.07) is 14.6. The second-order valence-corrected chi connectivity index (χ2v) is 7.89. The summed E-state index contributed by atoms with van der Waals surface area (Å²) in [6.45, 7) is 2.51. The van der Waals surface area contributed by atoms with Crippen molar-refractivity contribution in [1.29, 1.82) is 0 Å². The summed E-state index contributed by atoms with van der Waals surface area (Å²) in [6.07, 6.45) is 3.10. The largest absolute Gasteiger partial charge is 0.391 e. The van der Waals surface area contributed by atoms with E-state index in [1.54, 1.807) is 12.1 Å². The molecule has 2 aromatic carbocycles. The lowest BCUT2D eigenvalue weighted by Gasteiger charge is -2.13. The molecule has 5 nitrogen and oxygen atoms in total. The van der Waals surface area contributed by atoms with E-state index in [1.165, 1.54) is 17.7 Å². The minimum absolute atomic E-state index is 0.225. The zero-order valence-electron chi connectivity index (χ0n) is 15.8. The lowest BCUT2D eigenvalue weighted by atomic mass is 9.95. The van der Waals surface area contributed by atoms with Crippen molar-refractivity contribution in [1.82, 2.24) is 0 Å². The highest BCUT2D eigenvalue weighted by Crippen LogP contribution is 2.40. The number of rotatable bonds is 8. The van der Waals surface area contributed by atoms with Gasteiger partial charge in [-0.1, -0.05) is 41.6 Å². The first kappa shape index (κ1) is 20.9. The molecule has 2 unspecified atom stereocenters. The topological polar surface area (TPSA) is 71.3 Å². The Bertz CT molecular complexity index is 797. The maximum atomic E-state index is 13.2. The van der Waals surface area contributed by atoms with Gasteiger partial charge in [0, 0.05) is 0 Å². The molecule has 3 rings (SSSR count). The van der Waals surface area contributed by atoms with Crippen molar-refractivity contribution < 1.29 is 23.5 Å². The molecule has 2 aromatic rings. The smallest absolute Gasteiger partial charge is 0.327 e. The molecule has 0 amide bonds. The molecule has 150 valence electrons. The van der Waals surface area contributed by atoms with Crippen LogP contribution >= 0.6 is 8.60 Å². The number of nitrogens with zero attached hydrogens (tertiary/aromatic N) is 1. The number of oxime groups is 1. The Morgan fingerprint density at radius 2 is 1.96 bits per heavy atom. The van der Waals surface area contributed by atoms with Gasteiger partial charge in [-0.15, -0.1) is 0 Å². The predicted molar refractivity (Wildman–Crippen MR) is 107 cm³/mol. The average Bonchev–Trinajstić information content (AvgIpc) is 3.15. The maximum Gasteiger partial charge on any atom is 0.327 e. The van der Waals surface area contributed by atoms with Crippen LogP contribution in [0.1, 0.15) is 48.8 Å². The fourth-order valence-corrected chi connectivity index (χ4v) is 3.92. The van der Waals surface area contributed by atoms with Gasteiger partial charge in [0.1, 0.15) is 12.4 Å². The van der Waals surface area contributed by atoms with E-state index < -0.39 is 8.60 Å². The van der Waals surface area contributed by atoms with Crippen LogP contribution in [0.25, 0.3) is 0 Å². The van der Waals surface area contributed by atoms with E-state index in [1.807, 2.05) is 19.1 Å². The first-order valence-corrected chi connectivity index (χ1v) is 10.5. The number of hydrogen-bond donors (Lipinski definition) is 2. The molecule has 0 radical (unpaired) electrons. The molecule has 7 heteroatoms. The van der Waals surface area contributed by atoms with Crippen LogP contribution in [0.5, 0.6) is 0 Å². The van der Waals surface area contributed by atoms with Crippen LogP contribution in [0.3, 0.4) is 0 Å². The van der Waals surface area contributed by atoms with Crippen LogP contribution in [-0.4, -0.2) is 22.1 Å². The zero-order chi connectivity index (χ0) is 19.9. The SMILES string of the molecule is C/C(=N\OCc1cccc(F)c1)c1ccc(C2CCC(COP(O)O)C2)cc1. The molecular formula is C21H25FNO4P. The summed E-state index contributed by atoms with van der Waals surface area (Å²) in [7, 11) is -2.26. The average molecular weight is 405 g/mol. The number of halogens is 1. The second kappa shape index (κ2) is 10.1. The van der Waals surface area contributed by atoms with Crippen LogP contribution in [0, 0.1) is 11.7 Å². The van der Waals surface area contributed by atoms with Gasteiger partial charge in [-0.25, -0.2) is 4.39 Å². The molecule has 0 aromatic heterocycles. The van der Waals surface area contributed by atoms with Crippen molar-refractivity contribution in [2.45, 2.75) is 38.7 Å². The monoisotopic (exact) mass is 405 g/mol. The van der Waals surface area contributed by atoms with Crippen LogP contribution < -0.4 is 0 Å². The normalized spacial score (nSPS) is 20.0. The van der Waals surface area contributed by atoms with Gasteiger partial charge < -0.3 is 19.1 Å². The minimum atomic E-state index is -2.26. The van der Waals surface area contributed by atoms with Gasteiger partial charge >= 0.3 is 8.60 Å². The van der Waals surface area contributed by atoms with Crippen molar-refractivity contribution >= 4 is 14.3 Å². The Morgan fingerprint density at radius 1 is 1.18 bits per heavy atom. The van der Waals surface area contributed by atoms with Crippen LogP contribution in [0.15, 0.2) is 53.7 Å². The standard InChI is InChI=1S/C21H25FNO4P/c1-15(23-26-13-16-3-2-4-21(22)12-16)18-7-9-19(10-8-18)20-6-5-17(11-20)14-27-28(24)25/h2-4,7-10,12,17,20,24-25H,5-6,11,13-14H2,1H3/b23-15+. The van der Waals surface area contributed by atoms with Crippen molar-refractivity contribution in [2.75, 3.05) is 6.61 Å². The van der Waals surface area contributed by atoms with Gasteiger partial charge in [-0.05, 0) is 66.8 Å². The third kappa shape index (κ3) is 6.08.